The van der Waals surface area contributed by atoms with E-state index in [2.05, 4.69) is 10.6 Å². The molecule has 33 heavy (non-hydrogen) atoms. The van der Waals surface area contributed by atoms with Crippen molar-refractivity contribution >= 4 is 17.7 Å². The highest BCUT2D eigenvalue weighted by atomic mass is 19.1. The van der Waals surface area contributed by atoms with E-state index in [4.69, 9.17) is 4.74 Å². The molecular formula is C25H30FN3O4. The molecular weight excluding hydrogens is 425 g/mol. The Kier molecular flexibility index (Phi) is 8.03. The third-order valence-corrected chi connectivity index (χ3v) is 5.72. The summed E-state index contributed by atoms with van der Waals surface area (Å²) in [5.74, 6) is -0.751. The monoisotopic (exact) mass is 455 g/mol. The SMILES string of the molecule is COc1cccc(C(=O)N2CCC([C@@H](NC(=O)c3ccc(F)cc3)C(=O)NC(C)C)CC2)c1. The minimum Gasteiger partial charge on any atom is -0.497 e. The first kappa shape index (κ1) is 24.2. The van der Waals surface area contributed by atoms with Gasteiger partial charge in [-0.05, 0) is 75.1 Å². The van der Waals surface area contributed by atoms with E-state index in [-0.39, 0.29) is 29.3 Å². The molecule has 2 aromatic rings. The van der Waals surface area contributed by atoms with Gasteiger partial charge in [0.1, 0.15) is 17.6 Å². The zero-order chi connectivity index (χ0) is 24.0. The Morgan fingerprint density at radius 2 is 1.67 bits per heavy atom. The van der Waals surface area contributed by atoms with Gasteiger partial charge in [-0.15, -0.1) is 0 Å². The number of likely N-dealkylation sites (tertiary alicyclic amines) is 1. The van der Waals surface area contributed by atoms with Crippen molar-refractivity contribution in [3.8, 4) is 5.75 Å². The lowest BCUT2D eigenvalue weighted by Crippen LogP contribution is -2.54. The van der Waals surface area contributed by atoms with Gasteiger partial charge < -0.3 is 20.3 Å². The topological polar surface area (TPSA) is 87.7 Å². The number of carbonyl (C=O) groups is 3. The Hall–Kier alpha value is -3.42. The molecule has 1 aliphatic heterocycles. The highest BCUT2D eigenvalue weighted by Crippen LogP contribution is 2.24. The number of hydrogen-bond acceptors (Lipinski definition) is 4. The lowest BCUT2D eigenvalue weighted by Gasteiger charge is -2.36. The molecule has 2 aromatic carbocycles. The van der Waals surface area contributed by atoms with Gasteiger partial charge >= 0.3 is 0 Å². The predicted molar refractivity (Wildman–Crippen MR) is 123 cm³/mol. The molecule has 3 rings (SSSR count). The highest BCUT2D eigenvalue weighted by Gasteiger charge is 2.34. The normalized spacial score (nSPS) is 15.1. The molecule has 1 heterocycles. The Balaban J connectivity index is 1.69. The van der Waals surface area contributed by atoms with E-state index in [1.807, 2.05) is 13.8 Å². The largest absolute Gasteiger partial charge is 0.497 e. The van der Waals surface area contributed by atoms with Crippen LogP contribution in [0.1, 0.15) is 47.4 Å². The van der Waals surface area contributed by atoms with Crippen LogP contribution in [0.4, 0.5) is 4.39 Å². The van der Waals surface area contributed by atoms with Crippen molar-refractivity contribution in [3.63, 3.8) is 0 Å². The number of benzene rings is 2. The maximum Gasteiger partial charge on any atom is 0.253 e. The summed E-state index contributed by atoms with van der Waals surface area (Å²) in [5.41, 5.74) is 0.830. The van der Waals surface area contributed by atoms with Gasteiger partial charge in [0, 0.05) is 30.3 Å². The molecule has 0 spiro atoms. The molecule has 2 N–H and O–H groups in total. The molecule has 0 saturated carbocycles. The summed E-state index contributed by atoms with van der Waals surface area (Å²) in [7, 11) is 1.55. The molecule has 1 atom stereocenters. The fourth-order valence-corrected chi connectivity index (χ4v) is 3.97. The summed E-state index contributed by atoms with van der Waals surface area (Å²) < 4.78 is 18.4. The average molecular weight is 456 g/mol. The van der Waals surface area contributed by atoms with Gasteiger partial charge in [0.15, 0.2) is 0 Å². The van der Waals surface area contributed by atoms with Gasteiger partial charge in [0.2, 0.25) is 5.91 Å². The maximum atomic E-state index is 13.2. The zero-order valence-corrected chi connectivity index (χ0v) is 19.1. The van der Waals surface area contributed by atoms with Gasteiger partial charge in [0.05, 0.1) is 7.11 Å². The number of nitrogens with zero attached hydrogens (tertiary/aromatic N) is 1. The van der Waals surface area contributed by atoms with Crippen molar-refractivity contribution in [1.29, 1.82) is 0 Å². The first-order valence-corrected chi connectivity index (χ1v) is 11.1. The van der Waals surface area contributed by atoms with Gasteiger partial charge in [-0.3, -0.25) is 14.4 Å². The molecule has 0 aliphatic carbocycles. The molecule has 176 valence electrons. The van der Waals surface area contributed by atoms with Crippen molar-refractivity contribution < 1.29 is 23.5 Å². The second-order valence-corrected chi connectivity index (χ2v) is 8.48. The van der Waals surface area contributed by atoms with Crippen LogP contribution in [-0.4, -0.2) is 54.9 Å². The van der Waals surface area contributed by atoms with Crippen LogP contribution >= 0.6 is 0 Å². The number of rotatable bonds is 7. The molecule has 1 fully saturated rings. The molecule has 0 aromatic heterocycles. The minimum atomic E-state index is -0.751. The number of carbonyl (C=O) groups excluding carboxylic acids is 3. The predicted octanol–water partition coefficient (Wildman–Crippen LogP) is 3.01. The van der Waals surface area contributed by atoms with E-state index < -0.39 is 17.8 Å². The Labute approximate surface area is 193 Å². The summed E-state index contributed by atoms with van der Waals surface area (Å²) in [6.45, 7) is 4.65. The third-order valence-electron chi connectivity index (χ3n) is 5.72. The van der Waals surface area contributed by atoms with Crippen LogP contribution in [0.2, 0.25) is 0 Å². The standard InChI is InChI=1S/C25H30FN3O4/c1-16(2)27-24(31)22(28-23(30)18-7-9-20(26)10-8-18)17-11-13-29(14-12-17)25(32)19-5-4-6-21(15-19)33-3/h4-10,15-17,22H,11-14H2,1-3H3,(H,27,31)(H,28,30)/t22-/m1/s1. The maximum absolute atomic E-state index is 13.2. The summed E-state index contributed by atoms with van der Waals surface area (Å²) >= 11 is 0. The fourth-order valence-electron chi connectivity index (χ4n) is 3.97. The van der Waals surface area contributed by atoms with Crippen molar-refractivity contribution in [1.82, 2.24) is 15.5 Å². The lowest BCUT2D eigenvalue weighted by atomic mass is 9.88. The number of methoxy groups -OCH3 is 1. The Bertz CT molecular complexity index is 985. The van der Waals surface area contributed by atoms with Crippen LogP contribution in [0.5, 0.6) is 5.75 Å². The molecule has 7 nitrogen and oxygen atoms in total. The van der Waals surface area contributed by atoms with E-state index in [9.17, 15) is 18.8 Å². The number of ether oxygens (including phenoxy) is 1. The lowest BCUT2D eigenvalue weighted by molar-refractivity contribution is -0.125. The summed E-state index contributed by atoms with van der Waals surface area (Å²) in [6.07, 6.45) is 1.13. The van der Waals surface area contributed by atoms with E-state index in [1.54, 1.807) is 36.3 Å². The van der Waals surface area contributed by atoms with Crippen LogP contribution in [0.15, 0.2) is 48.5 Å². The second-order valence-electron chi connectivity index (χ2n) is 8.48. The molecule has 1 saturated heterocycles. The van der Waals surface area contributed by atoms with Crippen LogP contribution in [0.3, 0.4) is 0 Å². The van der Waals surface area contributed by atoms with Crippen molar-refractivity contribution in [3.05, 3.63) is 65.5 Å². The molecule has 0 unspecified atom stereocenters. The van der Waals surface area contributed by atoms with Gasteiger partial charge in [-0.2, -0.15) is 0 Å². The smallest absolute Gasteiger partial charge is 0.253 e. The van der Waals surface area contributed by atoms with Gasteiger partial charge in [0.25, 0.3) is 11.8 Å². The number of piperidine rings is 1. The number of hydrogen-bond donors (Lipinski definition) is 2. The minimum absolute atomic E-state index is 0.0857. The second kappa shape index (κ2) is 10.9. The van der Waals surface area contributed by atoms with Gasteiger partial charge in [-0.25, -0.2) is 4.39 Å². The number of amides is 3. The molecule has 0 bridgehead atoms. The Morgan fingerprint density at radius 3 is 2.27 bits per heavy atom. The van der Waals surface area contributed by atoms with E-state index in [0.717, 1.165) is 0 Å². The molecule has 0 radical (unpaired) electrons. The van der Waals surface area contributed by atoms with Gasteiger partial charge in [-0.1, -0.05) is 6.07 Å². The Morgan fingerprint density at radius 1 is 1.00 bits per heavy atom. The van der Waals surface area contributed by atoms with Crippen LogP contribution < -0.4 is 15.4 Å². The van der Waals surface area contributed by atoms with Crippen LogP contribution in [0.25, 0.3) is 0 Å². The first-order chi connectivity index (χ1) is 15.8. The van der Waals surface area contributed by atoms with E-state index >= 15 is 0 Å². The summed E-state index contributed by atoms with van der Waals surface area (Å²) in [6, 6.07) is 11.4. The number of halogens is 1. The molecule has 8 heteroatoms. The van der Waals surface area contributed by atoms with E-state index in [1.165, 1.54) is 24.3 Å². The quantitative estimate of drug-likeness (QED) is 0.672. The zero-order valence-electron chi connectivity index (χ0n) is 19.1. The van der Waals surface area contributed by atoms with E-state index in [0.29, 0.717) is 37.2 Å². The van der Waals surface area contributed by atoms with Crippen molar-refractivity contribution in [2.24, 2.45) is 5.92 Å². The molecule has 3 amide bonds. The molecule has 1 aliphatic rings. The first-order valence-electron chi connectivity index (χ1n) is 11.1. The third kappa shape index (κ3) is 6.31. The highest BCUT2D eigenvalue weighted by molar-refractivity contribution is 5.98. The summed E-state index contributed by atoms with van der Waals surface area (Å²) in [5, 5.41) is 5.70. The summed E-state index contributed by atoms with van der Waals surface area (Å²) in [4.78, 5) is 40.3. The van der Waals surface area contributed by atoms with Crippen molar-refractivity contribution in [2.75, 3.05) is 20.2 Å². The van der Waals surface area contributed by atoms with Crippen LogP contribution in [0, 0.1) is 11.7 Å². The number of nitrogens with one attached hydrogen (secondary N) is 2. The van der Waals surface area contributed by atoms with Crippen LogP contribution in [-0.2, 0) is 4.79 Å². The van der Waals surface area contributed by atoms with Crippen molar-refractivity contribution in [2.45, 2.75) is 38.8 Å². The fraction of sp³-hybridized carbons (Fsp3) is 0.400. The average Bonchev–Trinajstić information content (AvgIpc) is 2.82.